The van der Waals surface area contributed by atoms with Gasteiger partial charge in [0.15, 0.2) is 0 Å². The van der Waals surface area contributed by atoms with E-state index in [4.69, 9.17) is 9.47 Å². The van der Waals surface area contributed by atoms with Crippen LogP contribution in [0.3, 0.4) is 0 Å². The molecule has 5 rings (SSSR count). The maximum absolute atomic E-state index is 14.8. The highest BCUT2D eigenvalue weighted by Crippen LogP contribution is 2.53. The molecule has 2 aliphatic carbocycles. The molecule has 0 bridgehead atoms. The Balaban J connectivity index is 1.54. The van der Waals surface area contributed by atoms with Crippen LogP contribution in [0.25, 0.3) is 0 Å². The van der Waals surface area contributed by atoms with Gasteiger partial charge >= 0.3 is 0 Å². The molecule has 2 atom stereocenters. The summed E-state index contributed by atoms with van der Waals surface area (Å²) in [6.45, 7) is 0.978. The largest absolute Gasteiger partial charge is 0.495 e. The van der Waals surface area contributed by atoms with E-state index >= 15 is 0 Å². The molecule has 2 aromatic carbocycles. The van der Waals surface area contributed by atoms with Gasteiger partial charge in [0.2, 0.25) is 0 Å². The fraction of sp³-hybridized carbons (Fsp3) is 0.480. The van der Waals surface area contributed by atoms with Crippen LogP contribution >= 0.6 is 0 Å². The maximum atomic E-state index is 14.8. The third kappa shape index (κ3) is 3.84. The fourth-order valence-electron chi connectivity index (χ4n) is 5.36. The molecule has 1 heterocycles. The van der Waals surface area contributed by atoms with Crippen LogP contribution in [-0.4, -0.2) is 58.6 Å². The van der Waals surface area contributed by atoms with E-state index in [1.165, 1.54) is 13.2 Å². The lowest BCUT2D eigenvalue weighted by atomic mass is 9.64. The highest BCUT2D eigenvalue weighted by molar-refractivity contribution is 7.92. The summed E-state index contributed by atoms with van der Waals surface area (Å²) in [4.78, 5) is 14.9. The number of halogens is 1. The number of ether oxygens (including phenoxy) is 2. The molecule has 2 unspecified atom stereocenters. The summed E-state index contributed by atoms with van der Waals surface area (Å²) in [7, 11) is -0.696. The van der Waals surface area contributed by atoms with Crippen LogP contribution in [0.4, 0.5) is 10.1 Å². The van der Waals surface area contributed by atoms with Gasteiger partial charge in [0.25, 0.3) is 10.0 Å². The first-order valence-electron chi connectivity index (χ1n) is 11.6. The second-order valence-corrected chi connectivity index (χ2v) is 11.2. The molecule has 9 heteroatoms. The normalized spacial score (nSPS) is 23.9. The van der Waals surface area contributed by atoms with Crippen molar-refractivity contribution in [2.75, 3.05) is 32.0 Å². The van der Waals surface area contributed by atoms with Gasteiger partial charge in [0.1, 0.15) is 34.5 Å². The van der Waals surface area contributed by atoms with Crippen LogP contribution in [0, 0.1) is 0 Å². The molecule has 2 fully saturated rings. The predicted octanol–water partition coefficient (Wildman–Crippen LogP) is 3.46. The van der Waals surface area contributed by atoms with Crippen molar-refractivity contribution in [3.05, 3.63) is 47.5 Å². The lowest BCUT2D eigenvalue weighted by Gasteiger charge is -2.38. The van der Waals surface area contributed by atoms with Crippen LogP contribution in [0.2, 0.25) is 0 Å². The number of likely N-dealkylation sites (tertiary alicyclic amines) is 1. The Kier molecular flexibility index (Phi) is 5.80. The molecule has 0 aromatic heterocycles. The Morgan fingerprint density at radius 2 is 1.94 bits per heavy atom. The number of methoxy groups -OCH3 is 1. The zero-order valence-corrected chi connectivity index (χ0v) is 20.2. The van der Waals surface area contributed by atoms with Gasteiger partial charge in [-0.3, -0.25) is 9.52 Å². The van der Waals surface area contributed by atoms with Crippen molar-refractivity contribution in [2.24, 2.45) is 0 Å². The number of anilines is 1. The van der Waals surface area contributed by atoms with Crippen LogP contribution in [0.1, 0.15) is 36.8 Å². The summed E-state index contributed by atoms with van der Waals surface area (Å²) in [6.07, 6.45) is 1.35. The number of hydrogen-bond acceptors (Lipinski definition) is 6. The van der Waals surface area contributed by atoms with Crippen molar-refractivity contribution < 1.29 is 27.1 Å². The number of fused-ring (bicyclic) bond motifs is 2. The molecule has 2 aromatic rings. The number of Topliss-reactive ketones (excluding diaryl/α,β-unsaturated/α-hetero) is 1. The predicted molar refractivity (Wildman–Crippen MR) is 126 cm³/mol. The highest BCUT2D eigenvalue weighted by atomic mass is 32.2. The van der Waals surface area contributed by atoms with Crippen LogP contribution in [0.5, 0.6) is 11.5 Å². The number of nitrogens with zero attached hydrogens (tertiary/aromatic N) is 1. The first-order chi connectivity index (χ1) is 16.2. The Morgan fingerprint density at radius 1 is 1.18 bits per heavy atom. The Hall–Kier alpha value is -2.65. The van der Waals surface area contributed by atoms with E-state index in [0.717, 1.165) is 30.4 Å². The zero-order valence-electron chi connectivity index (χ0n) is 19.3. The second-order valence-electron chi connectivity index (χ2n) is 9.52. The van der Waals surface area contributed by atoms with Gasteiger partial charge < -0.3 is 14.4 Å². The van der Waals surface area contributed by atoms with E-state index in [1.807, 2.05) is 11.9 Å². The van der Waals surface area contributed by atoms with Crippen molar-refractivity contribution in [1.82, 2.24) is 4.90 Å². The maximum Gasteiger partial charge on any atom is 0.265 e. The quantitative estimate of drug-likeness (QED) is 0.670. The number of carbonyl (C=O) groups is 1. The molecule has 1 spiro atoms. The molecule has 1 saturated heterocycles. The van der Waals surface area contributed by atoms with E-state index < -0.39 is 27.7 Å². The van der Waals surface area contributed by atoms with Crippen molar-refractivity contribution in [3.8, 4) is 11.5 Å². The topological polar surface area (TPSA) is 84.9 Å². The molecule has 0 amide bonds. The lowest BCUT2D eigenvalue weighted by Crippen LogP contribution is -2.45. The van der Waals surface area contributed by atoms with E-state index in [2.05, 4.69) is 4.72 Å². The molecule has 1 saturated carbocycles. The highest BCUT2D eigenvalue weighted by Gasteiger charge is 2.51. The Labute approximate surface area is 199 Å². The van der Waals surface area contributed by atoms with Gasteiger partial charge in [0, 0.05) is 31.1 Å². The number of hydrogen-bond donors (Lipinski definition) is 1. The summed E-state index contributed by atoms with van der Waals surface area (Å²) in [5.41, 5.74) is 1.28. The summed E-state index contributed by atoms with van der Waals surface area (Å²) in [6, 6.07) is 9.70. The number of benzene rings is 2. The fourth-order valence-corrected chi connectivity index (χ4v) is 6.57. The lowest BCUT2D eigenvalue weighted by molar-refractivity contribution is -0.125. The van der Waals surface area contributed by atoms with Gasteiger partial charge in [0.05, 0.1) is 18.2 Å². The Bertz CT molecular complexity index is 1230. The van der Waals surface area contributed by atoms with Crippen LogP contribution < -0.4 is 14.2 Å². The number of ketones is 1. The molecule has 1 aliphatic heterocycles. The van der Waals surface area contributed by atoms with Crippen molar-refractivity contribution in [3.63, 3.8) is 0 Å². The first-order valence-corrected chi connectivity index (χ1v) is 13.1. The number of sulfonamides is 1. The molecule has 182 valence electrons. The molecule has 3 aliphatic rings. The van der Waals surface area contributed by atoms with Crippen molar-refractivity contribution in [2.45, 2.75) is 54.7 Å². The van der Waals surface area contributed by atoms with Crippen molar-refractivity contribution >= 4 is 21.5 Å². The molecule has 1 N–H and O–H groups in total. The minimum Gasteiger partial charge on any atom is -0.495 e. The third-order valence-electron chi connectivity index (χ3n) is 7.38. The Morgan fingerprint density at radius 3 is 2.62 bits per heavy atom. The van der Waals surface area contributed by atoms with E-state index in [9.17, 15) is 17.6 Å². The monoisotopic (exact) mass is 488 g/mol. The first kappa shape index (κ1) is 23.1. The number of para-hydroxylation sites is 1. The summed E-state index contributed by atoms with van der Waals surface area (Å²) >= 11 is 0. The SMILES string of the molecule is COc1ccccc1S(=O)(=O)Nc1cc(OC2CCN(C)CC2F)c2c(c1)C1(CCC1)C(=O)C2. The van der Waals surface area contributed by atoms with Crippen LogP contribution in [-0.2, 0) is 26.7 Å². The number of nitrogens with one attached hydrogen (secondary N) is 1. The van der Waals surface area contributed by atoms with E-state index in [0.29, 0.717) is 24.4 Å². The average Bonchev–Trinajstić information content (AvgIpc) is 3.07. The van der Waals surface area contributed by atoms with E-state index in [-0.39, 0.29) is 29.4 Å². The smallest absolute Gasteiger partial charge is 0.265 e. The molecule has 0 radical (unpaired) electrons. The number of piperidine rings is 1. The number of alkyl halides is 1. The minimum atomic E-state index is -3.98. The third-order valence-corrected chi connectivity index (χ3v) is 8.80. The summed E-state index contributed by atoms with van der Waals surface area (Å²) in [5, 5.41) is 0. The minimum absolute atomic E-state index is 0.00837. The average molecular weight is 489 g/mol. The summed E-state index contributed by atoms with van der Waals surface area (Å²) in [5.74, 6) is 0.748. The standard InChI is InChI=1S/C25H29FN2O5S/c1-28-11-8-20(19(26)15-28)33-22-13-16(12-18-17(22)14-24(29)25(18)9-5-10-25)27-34(30,31)23-7-4-3-6-21(23)32-2/h3-4,6-7,12-13,19-20,27H,5,8-11,14-15H2,1-2H3. The number of rotatable bonds is 6. The van der Waals surface area contributed by atoms with Gasteiger partial charge in [-0.1, -0.05) is 18.6 Å². The van der Waals surface area contributed by atoms with E-state index in [1.54, 1.807) is 30.3 Å². The van der Waals surface area contributed by atoms with Gasteiger partial charge in [-0.25, -0.2) is 12.8 Å². The van der Waals surface area contributed by atoms with Gasteiger partial charge in [-0.2, -0.15) is 0 Å². The van der Waals surface area contributed by atoms with Gasteiger partial charge in [-0.05, 0) is 50.1 Å². The zero-order chi connectivity index (χ0) is 24.1. The van der Waals surface area contributed by atoms with Crippen molar-refractivity contribution in [1.29, 1.82) is 0 Å². The molecule has 34 heavy (non-hydrogen) atoms. The molecular weight excluding hydrogens is 459 g/mol. The number of carbonyl (C=O) groups excluding carboxylic acids is 1. The molecule has 7 nitrogen and oxygen atoms in total. The molecular formula is C25H29FN2O5S. The second kappa shape index (κ2) is 8.53. The summed E-state index contributed by atoms with van der Waals surface area (Å²) < 4.78 is 55.2. The van der Waals surface area contributed by atoms with Crippen LogP contribution in [0.15, 0.2) is 41.3 Å². The van der Waals surface area contributed by atoms with Gasteiger partial charge in [-0.15, -0.1) is 0 Å².